The van der Waals surface area contributed by atoms with Crippen molar-refractivity contribution < 1.29 is 4.74 Å². The number of anilines is 1. The molecule has 0 atom stereocenters. The van der Waals surface area contributed by atoms with Gasteiger partial charge in [-0.1, -0.05) is 18.2 Å². The van der Waals surface area contributed by atoms with Gasteiger partial charge in [0.05, 0.1) is 0 Å². The van der Waals surface area contributed by atoms with Gasteiger partial charge in [-0.3, -0.25) is 4.90 Å². The average molecular weight is 262 g/mol. The number of hydrogen-bond donors (Lipinski definition) is 0. The largest absolute Gasteiger partial charge is 0.385 e. The number of benzene rings is 1. The second-order valence-corrected chi connectivity index (χ2v) is 5.22. The predicted molar refractivity (Wildman–Crippen MR) is 80.8 cm³/mol. The molecule has 0 unspecified atom stereocenters. The maximum absolute atomic E-state index is 5.08. The van der Waals surface area contributed by atoms with Crippen LogP contribution in [0, 0.1) is 0 Å². The van der Waals surface area contributed by atoms with E-state index in [9.17, 15) is 0 Å². The lowest BCUT2D eigenvalue weighted by Gasteiger charge is -2.36. The quantitative estimate of drug-likeness (QED) is 0.703. The number of unbranched alkanes of at least 4 members (excludes halogenated alkanes) is 2. The van der Waals surface area contributed by atoms with Gasteiger partial charge in [0, 0.05) is 45.6 Å². The Morgan fingerprint density at radius 2 is 1.68 bits per heavy atom. The van der Waals surface area contributed by atoms with Gasteiger partial charge >= 0.3 is 0 Å². The number of piperazine rings is 1. The first kappa shape index (κ1) is 14.4. The van der Waals surface area contributed by atoms with Crippen molar-refractivity contribution in [2.24, 2.45) is 0 Å². The van der Waals surface area contributed by atoms with Crippen molar-refractivity contribution in [3.8, 4) is 0 Å². The number of rotatable bonds is 7. The van der Waals surface area contributed by atoms with E-state index >= 15 is 0 Å². The maximum Gasteiger partial charge on any atom is 0.0462 e. The fourth-order valence-electron chi connectivity index (χ4n) is 2.63. The molecule has 3 heteroatoms. The zero-order valence-electron chi connectivity index (χ0n) is 12.1. The lowest BCUT2D eigenvalue weighted by Crippen LogP contribution is -2.46. The Kier molecular flexibility index (Phi) is 6.18. The van der Waals surface area contributed by atoms with Crippen LogP contribution in [0.3, 0.4) is 0 Å². The number of methoxy groups -OCH3 is 1. The van der Waals surface area contributed by atoms with Gasteiger partial charge in [0.1, 0.15) is 0 Å². The van der Waals surface area contributed by atoms with Crippen LogP contribution < -0.4 is 4.90 Å². The van der Waals surface area contributed by atoms with Crippen LogP contribution >= 0.6 is 0 Å². The summed E-state index contributed by atoms with van der Waals surface area (Å²) in [4.78, 5) is 5.08. The third-order valence-corrected chi connectivity index (χ3v) is 3.82. The predicted octanol–water partition coefficient (Wildman–Crippen LogP) is 2.63. The molecule has 19 heavy (non-hydrogen) atoms. The van der Waals surface area contributed by atoms with E-state index in [0.717, 1.165) is 19.7 Å². The molecule has 0 bridgehead atoms. The Hall–Kier alpha value is -1.06. The van der Waals surface area contributed by atoms with Gasteiger partial charge in [-0.15, -0.1) is 0 Å². The van der Waals surface area contributed by atoms with Gasteiger partial charge in [0.15, 0.2) is 0 Å². The standard InChI is InChI=1S/C16H26N2O/c1-19-15-7-3-6-10-17-11-13-18(14-12-17)16-8-4-2-5-9-16/h2,4-5,8-9H,3,6-7,10-15H2,1H3. The number of nitrogens with zero attached hydrogens (tertiary/aromatic N) is 2. The second kappa shape index (κ2) is 8.18. The summed E-state index contributed by atoms with van der Waals surface area (Å²) in [5.41, 5.74) is 1.36. The van der Waals surface area contributed by atoms with Gasteiger partial charge in [0.2, 0.25) is 0 Å². The molecule has 1 fully saturated rings. The summed E-state index contributed by atoms with van der Waals surface area (Å²) in [5.74, 6) is 0. The van der Waals surface area contributed by atoms with Crippen LogP contribution in [0.15, 0.2) is 30.3 Å². The minimum absolute atomic E-state index is 0.905. The topological polar surface area (TPSA) is 15.7 Å². The third-order valence-electron chi connectivity index (χ3n) is 3.82. The minimum atomic E-state index is 0.905. The van der Waals surface area contributed by atoms with E-state index in [1.807, 2.05) is 0 Å². The van der Waals surface area contributed by atoms with Crippen LogP contribution in [0.2, 0.25) is 0 Å². The normalized spacial score (nSPS) is 16.8. The maximum atomic E-state index is 5.08. The van der Waals surface area contributed by atoms with Crippen LogP contribution in [-0.2, 0) is 4.74 Å². The van der Waals surface area contributed by atoms with Crippen molar-refractivity contribution in [3.63, 3.8) is 0 Å². The van der Waals surface area contributed by atoms with Crippen molar-refractivity contribution in [2.45, 2.75) is 19.3 Å². The van der Waals surface area contributed by atoms with Crippen molar-refractivity contribution in [3.05, 3.63) is 30.3 Å². The van der Waals surface area contributed by atoms with Crippen molar-refractivity contribution in [2.75, 3.05) is 51.3 Å². The molecule has 0 saturated carbocycles. The molecular weight excluding hydrogens is 236 g/mol. The minimum Gasteiger partial charge on any atom is -0.385 e. The molecule has 0 radical (unpaired) electrons. The van der Waals surface area contributed by atoms with Crippen LogP contribution in [-0.4, -0.2) is 51.3 Å². The molecule has 0 aliphatic carbocycles. The van der Waals surface area contributed by atoms with Crippen LogP contribution in [0.1, 0.15) is 19.3 Å². The van der Waals surface area contributed by atoms with Crippen molar-refractivity contribution in [1.29, 1.82) is 0 Å². The summed E-state index contributed by atoms with van der Waals surface area (Å²) in [5, 5.41) is 0. The van der Waals surface area contributed by atoms with Crippen molar-refractivity contribution >= 4 is 5.69 Å². The third kappa shape index (κ3) is 4.84. The van der Waals surface area contributed by atoms with Crippen LogP contribution in [0.4, 0.5) is 5.69 Å². The Morgan fingerprint density at radius 3 is 2.37 bits per heavy atom. The molecule has 0 spiro atoms. The Labute approximate surface area is 117 Å². The number of ether oxygens (including phenoxy) is 1. The highest BCUT2D eigenvalue weighted by Crippen LogP contribution is 2.15. The molecule has 0 aromatic heterocycles. The molecule has 3 nitrogen and oxygen atoms in total. The van der Waals surface area contributed by atoms with Crippen molar-refractivity contribution in [1.82, 2.24) is 4.90 Å². The zero-order chi connectivity index (χ0) is 13.3. The molecule has 1 aliphatic rings. The summed E-state index contributed by atoms with van der Waals surface area (Å²) < 4.78 is 5.08. The Morgan fingerprint density at radius 1 is 0.947 bits per heavy atom. The first-order valence-corrected chi connectivity index (χ1v) is 7.41. The smallest absolute Gasteiger partial charge is 0.0462 e. The molecule has 1 aliphatic heterocycles. The van der Waals surface area contributed by atoms with E-state index in [2.05, 4.69) is 40.1 Å². The summed E-state index contributed by atoms with van der Waals surface area (Å²) in [6, 6.07) is 10.7. The van der Waals surface area contributed by atoms with E-state index < -0.39 is 0 Å². The summed E-state index contributed by atoms with van der Waals surface area (Å²) in [7, 11) is 1.78. The number of hydrogen-bond acceptors (Lipinski definition) is 3. The first-order valence-electron chi connectivity index (χ1n) is 7.41. The molecule has 106 valence electrons. The SMILES string of the molecule is COCCCCCN1CCN(c2ccccc2)CC1. The molecule has 1 aromatic carbocycles. The average Bonchev–Trinajstić information content (AvgIpc) is 2.49. The molecule has 0 amide bonds. The van der Waals surface area contributed by atoms with Gasteiger partial charge in [0.25, 0.3) is 0 Å². The van der Waals surface area contributed by atoms with Crippen LogP contribution in [0.5, 0.6) is 0 Å². The van der Waals surface area contributed by atoms with Gasteiger partial charge in [-0.2, -0.15) is 0 Å². The number of para-hydroxylation sites is 1. The Bertz CT molecular complexity index is 334. The van der Waals surface area contributed by atoms with E-state index in [1.165, 1.54) is 44.6 Å². The zero-order valence-corrected chi connectivity index (χ0v) is 12.1. The highest BCUT2D eigenvalue weighted by Gasteiger charge is 2.16. The van der Waals surface area contributed by atoms with E-state index in [1.54, 1.807) is 7.11 Å². The van der Waals surface area contributed by atoms with E-state index in [4.69, 9.17) is 4.74 Å². The lowest BCUT2D eigenvalue weighted by atomic mass is 10.2. The lowest BCUT2D eigenvalue weighted by molar-refractivity contribution is 0.188. The Balaban J connectivity index is 1.63. The monoisotopic (exact) mass is 262 g/mol. The van der Waals surface area contributed by atoms with Gasteiger partial charge < -0.3 is 9.64 Å². The fraction of sp³-hybridized carbons (Fsp3) is 0.625. The summed E-state index contributed by atoms with van der Waals surface area (Å²) >= 11 is 0. The highest BCUT2D eigenvalue weighted by molar-refractivity contribution is 5.46. The fourth-order valence-corrected chi connectivity index (χ4v) is 2.63. The summed E-state index contributed by atoms with van der Waals surface area (Å²) in [6.45, 7) is 6.84. The second-order valence-electron chi connectivity index (χ2n) is 5.22. The van der Waals surface area contributed by atoms with E-state index in [-0.39, 0.29) is 0 Å². The summed E-state index contributed by atoms with van der Waals surface area (Å²) in [6.07, 6.45) is 3.78. The van der Waals surface area contributed by atoms with Gasteiger partial charge in [-0.25, -0.2) is 0 Å². The molecule has 1 saturated heterocycles. The van der Waals surface area contributed by atoms with Gasteiger partial charge in [-0.05, 0) is 37.9 Å². The molecule has 0 N–H and O–H groups in total. The van der Waals surface area contributed by atoms with E-state index in [0.29, 0.717) is 0 Å². The molecule has 1 aromatic rings. The molecule has 1 heterocycles. The highest BCUT2D eigenvalue weighted by atomic mass is 16.5. The molecule has 2 rings (SSSR count). The molecular formula is C16H26N2O. The van der Waals surface area contributed by atoms with Crippen LogP contribution in [0.25, 0.3) is 0 Å². The first-order chi connectivity index (χ1) is 9.40.